The molecule has 6 nitrogen and oxygen atoms in total. The molecular formula is C59H46N6S. The lowest BCUT2D eigenvalue weighted by Crippen LogP contribution is -2.39. The summed E-state index contributed by atoms with van der Waals surface area (Å²) in [5.41, 5.74) is 7.09. The highest BCUT2D eigenvalue weighted by atomic mass is 32.3. The molecule has 4 atom stereocenters. The van der Waals surface area contributed by atoms with Crippen LogP contribution in [0.4, 0.5) is 5.69 Å². The van der Waals surface area contributed by atoms with Crippen LogP contribution in [0.3, 0.4) is 0 Å². The molecule has 1 aliphatic heterocycles. The normalized spacial score (nSPS) is 20.1. The van der Waals surface area contributed by atoms with Gasteiger partial charge in [-0.15, -0.1) is 10.0 Å². The van der Waals surface area contributed by atoms with E-state index in [-0.39, 0.29) is 0 Å². The standard InChI is InChI=1S/C59H46N6S/c1-39-34-41-37-59(41)38-55(59)63(39)42-32-33-54-50(36-42)49-28-13-16-31-53(49)65(54)58-61-56(60-57(62-58)64-51-29-14-11-26-47(51)48-27-12-15-30-52(48)64)40-18-17-25-46(35-40)66(43-19-5-2-6-20-43,44-21-7-3-8-22-44)45-23-9-4-10-24-45/h2-33,35-36,39,41,55H,34,37-38H2,1H3. The van der Waals surface area contributed by atoms with E-state index in [0.717, 1.165) is 44.3 Å². The van der Waals surface area contributed by atoms with E-state index in [1.54, 1.807) is 0 Å². The maximum absolute atomic E-state index is 5.54. The van der Waals surface area contributed by atoms with E-state index in [1.165, 1.54) is 55.3 Å². The van der Waals surface area contributed by atoms with Crippen molar-refractivity contribution in [3.05, 3.63) is 206 Å². The van der Waals surface area contributed by atoms with Crippen molar-refractivity contribution in [1.82, 2.24) is 24.1 Å². The van der Waals surface area contributed by atoms with Crippen LogP contribution in [-0.2, 0) is 0 Å². The Balaban J connectivity index is 1.02. The van der Waals surface area contributed by atoms with Gasteiger partial charge in [-0.25, -0.2) is 0 Å². The molecule has 66 heavy (non-hydrogen) atoms. The Labute approximate surface area is 385 Å². The second kappa shape index (κ2) is 14.3. The van der Waals surface area contributed by atoms with Gasteiger partial charge in [0.05, 0.1) is 22.1 Å². The molecule has 1 spiro atoms. The van der Waals surface area contributed by atoms with Gasteiger partial charge in [0.15, 0.2) is 5.82 Å². The molecule has 3 aromatic heterocycles. The number of para-hydroxylation sites is 3. The minimum absolute atomic E-state index is 0.533. The van der Waals surface area contributed by atoms with Crippen molar-refractivity contribution in [3.8, 4) is 23.3 Å². The molecule has 2 saturated carbocycles. The zero-order valence-electron chi connectivity index (χ0n) is 36.6. The van der Waals surface area contributed by atoms with E-state index in [2.05, 4.69) is 227 Å². The summed E-state index contributed by atoms with van der Waals surface area (Å²) >= 11 is 0. The number of rotatable bonds is 8. The molecule has 0 N–H and O–H groups in total. The number of hydrogen-bond acceptors (Lipinski definition) is 4. The van der Waals surface area contributed by atoms with Gasteiger partial charge in [-0.2, -0.15) is 15.0 Å². The van der Waals surface area contributed by atoms with Crippen LogP contribution in [0.15, 0.2) is 226 Å². The van der Waals surface area contributed by atoms with E-state index in [0.29, 0.717) is 35.2 Å². The first-order chi connectivity index (χ1) is 32.6. The summed E-state index contributed by atoms with van der Waals surface area (Å²) in [5.74, 6) is 2.70. The second-order valence-corrected chi connectivity index (χ2v) is 21.7. The van der Waals surface area contributed by atoms with Gasteiger partial charge in [0.2, 0.25) is 11.9 Å². The predicted molar refractivity (Wildman–Crippen MR) is 269 cm³/mol. The van der Waals surface area contributed by atoms with Crippen molar-refractivity contribution in [2.45, 2.75) is 57.9 Å². The Morgan fingerprint density at radius 1 is 0.455 bits per heavy atom. The van der Waals surface area contributed by atoms with Crippen molar-refractivity contribution >= 4 is 59.3 Å². The van der Waals surface area contributed by atoms with E-state index in [9.17, 15) is 0 Å². The number of aromatic nitrogens is 5. The topological polar surface area (TPSA) is 51.8 Å². The van der Waals surface area contributed by atoms with Gasteiger partial charge in [-0.1, -0.05) is 121 Å². The van der Waals surface area contributed by atoms with Crippen LogP contribution in [0, 0.1) is 11.3 Å². The Morgan fingerprint density at radius 2 is 0.939 bits per heavy atom. The van der Waals surface area contributed by atoms with Crippen LogP contribution in [-0.4, -0.2) is 36.2 Å². The van der Waals surface area contributed by atoms with Crippen LogP contribution in [0.1, 0.15) is 26.2 Å². The summed E-state index contributed by atoms with van der Waals surface area (Å²) in [4.78, 5) is 24.3. The molecule has 0 radical (unpaired) electrons. The van der Waals surface area contributed by atoms with Crippen LogP contribution < -0.4 is 4.90 Å². The number of benzene rings is 8. The number of anilines is 1. The molecule has 3 aliphatic rings. The first-order valence-electron chi connectivity index (χ1n) is 23.3. The lowest BCUT2D eigenvalue weighted by Gasteiger charge is -2.42. The molecule has 0 amide bonds. The van der Waals surface area contributed by atoms with Crippen LogP contribution in [0.5, 0.6) is 0 Å². The fourth-order valence-corrected chi connectivity index (χ4v) is 15.9. The third-order valence-electron chi connectivity index (χ3n) is 15.1. The second-order valence-electron chi connectivity index (χ2n) is 18.6. The van der Waals surface area contributed by atoms with E-state index in [1.807, 2.05) is 0 Å². The molecule has 2 aliphatic carbocycles. The van der Waals surface area contributed by atoms with E-state index >= 15 is 0 Å². The maximum atomic E-state index is 5.54. The van der Waals surface area contributed by atoms with Gasteiger partial charge in [-0.3, -0.25) is 9.13 Å². The van der Waals surface area contributed by atoms with Crippen molar-refractivity contribution < 1.29 is 0 Å². The van der Waals surface area contributed by atoms with Gasteiger partial charge in [0, 0.05) is 64.5 Å². The zero-order chi connectivity index (χ0) is 43.6. The van der Waals surface area contributed by atoms with Crippen molar-refractivity contribution in [2.24, 2.45) is 11.3 Å². The van der Waals surface area contributed by atoms with Crippen LogP contribution >= 0.6 is 10.0 Å². The SMILES string of the molecule is CC1CC2CC23CC3N1c1ccc2c(c1)c1ccccc1n2-c1nc(-c2cccc(S(c3ccccc3)(c3ccccc3)c3ccccc3)c2)nc(-n2c3ccccc3c3ccccc32)n1. The minimum atomic E-state index is -1.97. The highest BCUT2D eigenvalue weighted by molar-refractivity contribution is 8.34. The summed E-state index contributed by atoms with van der Waals surface area (Å²) < 4.78 is 4.49. The summed E-state index contributed by atoms with van der Waals surface area (Å²) in [7, 11) is -1.97. The first-order valence-corrected chi connectivity index (χ1v) is 24.9. The molecule has 1 saturated heterocycles. The third-order valence-corrected chi connectivity index (χ3v) is 19.0. The Hall–Kier alpha value is -7.48. The number of piperidine rings is 1. The number of hydrogen-bond donors (Lipinski definition) is 0. The number of fused-ring (bicyclic) bond motifs is 6. The van der Waals surface area contributed by atoms with Gasteiger partial charge >= 0.3 is 0 Å². The molecule has 7 heteroatoms. The fourth-order valence-electron chi connectivity index (χ4n) is 12.0. The number of nitrogens with zero attached hydrogens (tertiary/aromatic N) is 6. The quantitative estimate of drug-likeness (QED) is 0.153. The van der Waals surface area contributed by atoms with Gasteiger partial charge in [0.1, 0.15) is 0 Å². The maximum Gasteiger partial charge on any atom is 0.240 e. The van der Waals surface area contributed by atoms with Gasteiger partial charge in [0.25, 0.3) is 0 Å². The summed E-state index contributed by atoms with van der Waals surface area (Å²) in [6, 6.07) is 76.2. The van der Waals surface area contributed by atoms with Crippen LogP contribution in [0.25, 0.3) is 66.9 Å². The average Bonchev–Trinajstić information content (AvgIpc) is 4.21. The summed E-state index contributed by atoms with van der Waals surface area (Å²) in [5, 5.41) is 4.73. The van der Waals surface area contributed by atoms with Crippen molar-refractivity contribution in [2.75, 3.05) is 4.90 Å². The van der Waals surface area contributed by atoms with Crippen LogP contribution in [0.2, 0.25) is 0 Å². The van der Waals surface area contributed by atoms with Gasteiger partial charge < -0.3 is 4.90 Å². The third kappa shape index (κ3) is 5.47. The molecule has 14 rings (SSSR count). The Kier molecular flexibility index (Phi) is 8.18. The largest absolute Gasteiger partial charge is 0.365 e. The lowest BCUT2D eigenvalue weighted by molar-refractivity contribution is 0.461. The zero-order valence-corrected chi connectivity index (χ0v) is 37.4. The molecule has 3 fully saturated rings. The van der Waals surface area contributed by atoms with Crippen molar-refractivity contribution in [1.29, 1.82) is 0 Å². The Bertz CT molecular complexity index is 3540. The van der Waals surface area contributed by atoms with E-state index in [4.69, 9.17) is 15.0 Å². The molecule has 4 unspecified atom stereocenters. The lowest BCUT2D eigenvalue weighted by atomic mass is 10.0. The smallest absolute Gasteiger partial charge is 0.240 e. The highest BCUT2D eigenvalue weighted by Crippen LogP contribution is 2.76. The summed E-state index contributed by atoms with van der Waals surface area (Å²) in [6.07, 6.45) is 4.04. The van der Waals surface area contributed by atoms with Gasteiger partial charge in [-0.05, 0) is 122 Å². The van der Waals surface area contributed by atoms with E-state index < -0.39 is 10.0 Å². The first kappa shape index (κ1) is 37.9. The molecule has 318 valence electrons. The summed E-state index contributed by atoms with van der Waals surface area (Å²) in [6.45, 7) is 2.43. The molecule has 0 bridgehead atoms. The molecular weight excluding hydrogens is 825 g/mol. The predicted octanol–water partition coefficient (Wildman–Crippen LogP) is 14.5. The average molecular weight is 871 g/mol. The molecule has 4 heterocycles. The molecule has 8 aromatic carbocycles. The highest BCUT2D eigenvalue weighted by Gasteiger charge is 2.74. The molecule has 11 aromatic rings. The van der Waals surface area contributed by atoms with Crippen molar-refractivity contribution in [3.63, 3.8) is 0 Å². The fraction of sp³-hybridized carbons (Fsp3) is 0.136. The Morgan fingerprint density at radius 3 is 1.50 bits per heavy atom. The monoisotopic (exact) mass is 870 g/mol. The minimum Gasteiger partial charge on any atom is -0.365 e.